The number of allylic oxidation sites excluding steroid dienone is 2. The third-order valence-corrected chi connectivity index (χ3v) is 11.3. The predicted octanol–water partition coefficient (Wildman–Crippen LogP) is 6.50. The fourth-order valence-electron chi connectivity index (χ4n) is 8.66. The Labute approximate surface area is 324 Å². The van der Waals surface area contributed by atoms with Gasteiger partial charge in [0.25, 0.3) is 11.8 Å². The van der Waals surface area contributed by atoms with Gasteiger partial charge in [0.05, 0.1) is 35.3 Å². The molecule has 280 valence electrons. The van der Waals surface area contributed by atoms with Crippen molar-refractivity contribution in [2.24, 2.45) is 5.92 Å². The third kappa shape index (κ3) is 5.47. The highest BCUT2D eigenvalue weighted by Gasteiger charge is 2.69. The Hall–Kier alpha value is -6.66. The van der Waals surface area contributed by atoms with Crippen molar-refractivity contribution >= 4 is 29.1 Å². The van der Waals surface area contributed by atoms with E-state index < -0.39 is 52.3 Å². The van der Waals surface area contributed by atoms with Crippen LogP contribution in [0.3, 0.4) is 0 Å². The number of nitrogens with zero attached hydrogens (tertiary/aromatic N) is 4. The summed E-state index contributed by atoms with van der Waals surface area (Å²) in [7, 11) is 0. The average molecular weight is 770 g/mol. The summed E-state index contributed by atoms with van der Waals surface area (Å²) in [5, 5.41) is 13.3. The van der Waals surface area contributed by atoms with Gasteiger partial charge in [-0.05, 0) is 77.7 Å². The van der Waals surface area contributed by atoms with Gasteiger partial charge >= 0.3 is 11.4 Å². The molecule has 1 aromatic heterocycles. The summed E-state index contributed by atoms with van der Waals surface area (Å²) in [4.78, 5) is 58.5. The Bertz CT molecular complexity index is 2660. The number of hydrazine groups is 1. The molecule has 9 rings (SSSR count). The number of ether oxygens (including phenoxy) is 1. The van der Waals surface area contributed by atoms with Crippen molar-refractivity contribution in [1.82, 2.24) is 18.9 Å². The fourth-order valence-corrected chi connectivity index (χ4v) is 8.78. The molecule has 5 aromatic carbocycles. The van der Waals surface area contributed by atoms with Crippen LogP contribution in [0.2, 0.25) is 5.02 Å². The molecule has 0 unspecified atom stereocenters. The lowest BCUT2D eigenvalue weighted by atomic mass is 9.53. The van der Waals surface area contributed by atoms with Crippen LogP contribution in [0, 0.1) is 11.7 Å². The second-order valence-electron chi connectivity index (χ2n) is 14.1. The summed E-state index contributed by atoms with van der Waals surface area (Å²) in [6, 6.07) is 34.0. The number of phenolic OH excluding ortho intramolecular Hbond substituents is 1. The largest absolute Gasteiger partial charge is 0.508 e. The van der Waals surface area contributed by atoms with E-state index in [4.69, 9.17) is 16.3 Å². The molecule has 2 N–H and O–H groups in total. The van der Waals surface area contributed by atoms with Gasteiger partial charge in [-0.25, -0.2) is 27.9 Å². The Morgan fingerprint density at radius 2 is 1.54 bits per heavy atom. The first-order valence-corrected chi connectivity index (χ1v) is 18.4. The highest BCUT2D eigenvalue weighted by Crippen LogP contribution is 2.63. The van der Waals surface area contributed by atoms with Crippen LogP contribution in [0.15, 0.2) is 149 Å². The van der Waals surface area contributed by atoms with Crippen LogP contribution in [0.5, 0.6) is 11.5 Å². The van der Waals surface area contributed by atoms with E-state index in [1.807, 2.05) is 36.4 Å². The number of benzene rings is 5. The lowest BCUT2D eigenvalue weighted by Gasteiger charge is -2.49. The monoisotopic (exact) mass is 769 g/mol. The number of anilines is 1. The minimum absolute atomic E-state index is 0.0175. The number of hydrogen-bond acceptors (Lipinski definition) is 7. The first-order chi connectivity index (χ1) is 27.2. The standard InChI is InChI=1S/C43H33ClFN5O6/c44-28-13-11-27(12-14-28)43-35(39(52)49(40(43)53)46-30-17-15-29(45)16-18-30)24-36-33(21-22-47-41(54)48(42(55)50(36)47)31-9-5-2-6-10-31)38(43)34-20-19-32(23-37(34)51)56-25-26-7-3-1-4-8-26/h1-21,23,35-36,38,46,51H,22,24-25H2/t35-,36+,38+,43+/m0/s1. The number of para-hydroxylation sites is 1. The predicted molar refractivity (Wildman–Crippen MR) is 206 cm³/mol. The number of amides is 2. The van der Waals surface area contributed by atoms with E-state index in [0.29, 0.717) is 38.8 Å². The molecule has 11 nitrogen and oxygen atoms in total. The molecular weight excluding hydrogens is 737 g/mol. The van der Waals surface area contributed by atoms with Crippen LogP contribution in [-0.2, 0) is 28.2 Å². The van der Waals surface area contributed by atoms with Crippen LogP contribution in [-0.4, -0.2) is 35.9 Å². The second-order valence-corrected chi connectivity index (χ2v) is 14.5. The summed E-state index contributed by atoms with van der Waals surface area (Å²) >= 11 is 6.38. The van der Waals surface area contributed by atoms with Gasteiger partial charge in [-0.2, -0.15) is 5.01 Å². The molecule has 6 aromatic rings. The summed E-state index contributed by atoms with van der Waals surface area (Å²) in [6.45, 7) is 0.221. The van der Waals surface area contributed by atoms with Crippen LogP contribution >= 0.6 is 11.6 Å². The number of carbonyl (C=O) groups is 2. The fraction of sp³-hybridized carbons (Fsp3) is 0.163. The van der Waals surface area contributed by atoms with Crippen molar-refractivity contribution in [1.29, 1.82) is 0 Å². The van der Waals surface area contributed by atoms with E-state index in [0.717, 1.165) is 15.1 Å². The average Bonchev–Trinajstić information content (AvgIpc) is 3.59. The van der Waals surface area contributed by atoms with E-state index in [1.54, 1.807) is 66.7 Å². The first-order valence-electron chi connectivity index (χ1n) is 18.0. The number of rotatable bonds is 8. The summed E-state index contributed by atoms with van der Waals surface area (Å²) < 4.78 is 23.8. The summed E-state index contributed by atoms with van der Waals surface area (Å²) in [6.07, 6.45) is 1.76. The topological polar surface area (TPSA) is 128 Å². The van der Waals surface area contributed by atoms with Crippen molar-refractivity contribution in [3.05, 3.63) is 188 Å². The van der Waals surface area contributed by atoms with Gasteiger partial charge in [0.15, 0.2) is 0 Å². The van der Waals surface area contributed by atoms with Gasteiger partial charge in [0, 0.05) is 22.6 Å². The van der Waals surface area contributed by atoms with Crippen molar-refractivity contribution in [3.63, 3.8) is 0 Å². The second kappa shape index (κ2) is 13.6. The number of aromatic nitrogens is 3. The first kappa shape index (κ1) is 35.1. The van der Waals surface area contributed by atoms with Gasteiger partial charge in [-0.1, -0.05) is 84.4 Å². The molecule has 2 aliphatic heterocycles. The van der Waals surface area contributed by atoms with Crippen LogP contribution in [0.25, 0.3) is 5.69 Å². The van der Waals surface area contributed by atoms with Crippen molar-refractivity contribution in [3.8, 4) is 17.2 Å². The number of nitrogens with one attached hydrogen (secondary N) is 1. The zero-order valence-electron chi connectivity index (χ0n) is 29.6. The maximum absolute atomic E-state index is 15.4. The molecule has 0 spiro atoms. The van der Waals surface area contributed by atoms with Gasteiger partial charge in [0.2, 0.25) is 0 Å². The zero-order valence-corrected chi connectivity index (χ0v) is 30.3. The molecule has 13 heteroatoms. The number of imide groups is 1. The molecule has 3 heterocycles. The molecule has 4 atom stereocenters. The number of fused-ring (bicyclic) bond motifs is 4. The molecule has 56 heavy (non-hydrogen) atoms. The number of carbonyl (C=O) groups excluding carboxylic acids is 2. The summed E-state index contributed by atoms with van der Waals surface area (Å²) in [5.74, 6) is -3.71. The van der Waals surface area contributed by atoms with Crippen LogP contribution in [0.4, 0.5) is 10.1 Å². The molecule has 1 saturated carbocycles. The molecule has 0 bridgehead atoms. The normalized spacial score (nSPS) is 21.2. The van der Waals surface area contributed by atoms with E-state index in [-0.39, 0.29) is 25.3 Å². The van der Waals surface area contributed by atoms with Gasteiger partial charge < -0.3 is 9.84 Å². The van der Waals surface area contributed by atoms with E-state index in [2.05, 4.69) is 5.43 Å². The molecule has 2 amide bonds. The maximum atomic E-state index is 15.4. The highest BCUT2D eigenvalue weighted by atomic mass is 35.5. The quantitative estimate of drug-likeness (QED) is 0.134. The number of halogens is 2. The van der Waals surface area contributed by atoms with Crippen molar-refractivity contribution in [2.75, 3.05) is 5.43 Å². The van der Waals surface area contributed by atoms with E-state index >= 15 is 4.79 Å². The molecule has 1 aliphatic carbocycles. The number of aromatic hydroxyl groups is 1. The highest BCUT2D eigenvalue weighted by molar-refractivity contribution is 6.30. The molecule has 0 radical (unpaired) electrons. The minimum atomic E-state index is -1.69. The zero-order chi connectivity index (χ0) is 38.7. The van der Waals surface area contributed by atoms with E-state index in [9.17, 15) is 23.9 Å². The number of phenols is 1. The van der Waals surface area contributed by atoms with Crippen LogP contribution in [0.1, 0.15) is 35.1 Å². The third-order valence-electron chi connectivity index (χ3n) is 11.1. The number of hydrogen-bond donors (Lipinski definition) is 2. The minimum Gasteiger partial charge on any atom is -0.508 e. The Morgan fingerprint density at radius 1 is 0.839 bits per heavy atom. The SMILES string of the molecule is O=C1[C@@H]2C[C@@H]3C(=CCn4c(=O)n(-c5ccccc5)c(=O)n43)[C@H](c3ccc(OCc4ccccc4)cc3O)[C@]2(c2ccc(Cl)cc2)C(=O)N1Nc1ccc(F)cc1. The Balaban J connectivity index is 1.24. The Morgan fingerprint density at radius 3 is 2.23 bits per heavy atom. The lowest BCUT2D eigenvalue weighted by Crippen LogP contribution is -2.53. The molecule has 1 saturated heterocycles. The van der Waals surface area contributed by atoms with Crippen molar-refractivity contribution in [2.45, 2.75) is 36.9 Å². The van der Waals surface area contributed by atoms with Crippen molar-refractivity contribution < 1.29 is 23.8 Å². The maximum Gasteiger partial charge on any atom is 0.352 e. The van der Waals surface area contributed by atoms with E-state index in [1.165, 1.54) is 39.7 Å². The smallest absolute Gasteiger partial charge is 0.352 e. The Kier molecular flexibility index (Phi) is 8.50. The lowest BCUT2D eigenvalue weighted by molar-refractivity contribution is -0.138. The van der Waals surface area contributed by atoms with Gasteiger partial charge in [0.1, 0.15) is 23.9 Å². The van der Waals surface area contributed by atoms with Gasteiger partial charge in [-0.3, -0.25) is 15.0 Å². The molecule has 3 aliphatic rings. The van der Waals surface area contributed by atoms with Crippen LogP contribution < -0.4 is 21.5 Å². The molecule has 2 fully saturated rings. The molecular formula is C43H33ClFN5O6. The van der Waals surface area contributed by atoms with Gasteiger partial charge in [-0.15, -0.1) is 0 Å². The summed E-state index contributed by atoms with van der Waals surface area (Å²) in [5.41, 5.74) is 3.00.